The smallest absolute Gasteiger partial charge is 0.226 e. The van der Waals surface area contributed by atoms with Crippen molar-refractivity contribution >= 4 is 28.8 Å². The molecule has 1 aliphatic rings. The van der Waals surface area contributed by atoms with Gasteiger partial charge in [-0.1, -0.05) is 29.8 Å². The van der Waals surface area contributed by atoms with Crippen LogP contribution in [0.2, 0.25) is 5.02 Å². The maximum Gasteiger partial charge on any atom is 0.226 e. The summed E-state index contributed by atoms with van der Waals surface area (Å²) in [5.74, 6) is 0.196. The summed E-state index contributed by atoms with van der Waals surface area (Å²) in [4.78, 5) is 13.3. The normalized spacial score (nSPS) is 16.4. The van der Waals surface area contributed by atoms with E-state index in [-0.39, 0.29) is 17.9 Å². The molecule has 0 saturated carbocycles. The molecule has 2 N–H and O–H groups in total. The molecule has 0 bridgehead atoms. The third kappa shape index (κ3) is 2.87. The lowest BCUT2D eigenvalue weighted by Gasteiger charge is -2.28. The van der Waals surface area contributed by atoms with Gasteiger partial charge in [0.2, 0.25) is 5.91 Å². The summed E-state index contributed by atoms with van der Waals surface area (Å²) in [6.45, 7) is 1.53. The number of hydrogen-bond acceptors (Lipinski definition) is 3. The number of rotatable bonds is 4. The van der Waals surface area contributed by atoms with Gasteiger partial charge in [-0.25, -0.2) is 0 Å². The number of thiophene rings is 1. The van der Waals surface area contributed by atoms with Crippen LogP contribution in [0.25, 0.3) is 0 Å². The monoisotopic (exact) mass is 306 g/mol. The quantitative estimate of drug-likeness (QED) is 0.912. The topological polar surface area (TPSA) is 41.1 Å². The van der Waals surface area contributed by atoms with E-state index >= 15 is 0 Å². The molecular weight excluding hydrogens is 292 g/mol. The molecule has 1 amide bonds. The average molecular weight is 307 g/mol. The molecule has 1 atom stereocenters. The Morgan fingerprint density at radius 2 is 2.05 bits per heavy atom. The van der Waals surface area contributed by atoms with E-state index in [4.69, 9.17) is 11.6 Å². The first-order valence-electron chi connectivity index (χ1n) is 6.54. The summed E-state index contributed by atoms with van der Waals surface area (Å²) in [6, 6.07) is 11.6. The fraction of sp³-hybridized carbons (Fsp3) is 0.267. The summed E-state index contributed by atoms with van der Waals surface area (Å²) in [5.41, 5.74) is 1.05. The molecule has 1 aromatic carbocycles. The van der Waals surface area contributed by atoms with Crippen LogP contribution in [0.5, 0.6) is 0 Å². The van der Waals surface area contributed by atoms with E-state index in [0.717, 1.165) is 23.5 Å². The van der Waals surface area contributed by atoms with Crippen LogP contribution in [0.1, 0.15) is 16.5 Å². The van der Waals surface area contributed by atoms with E-state index in [1.807, 2.05) is 41.8 Å². The van der Waals surface area contributed by atoms with E-state index in [1.165, 1.54) is 0 Å². The lowest BCUT2D eigenvalue weighted by atomic mass is 10.00. The van der Waals surface area contributed by atoms with Gasteiger partial charge in [-0.15, -0.1) is 11.3 Å². The van der Waals surface area contributed by atoms with Crippen LogP contribution in [0.3, 0.4) is 0 Å². The molecule has 5 heteroatoms. The standard InChI is InChI=1S/C15H15ClN2OS/c16-12-5-3-10(4-6-12)14(13-2-1-7-20-13)18-15(19)11-8-17-9-11/h1-7,11,14,17H,8-9H2,(H,18,19). The Bertz CT molecular complexity index is 578. The Balaban J connectivity index is 1.84. The van der Waals surface area contributed by atoms with Crippen LogP contribution >= 0.6 is 22.9 Å². The summed E-state index contributed by atoms with van der Waals surface area (Å²) in [5, 5.41) is 8.99. The van der Waals surface area contributed by atoms with Crippen molar-refractivity contribution in [3.05, 3.63) is 57.2 Å². The highest BCUT2D eigenvalue weighted by atomic mass is 35.5. The summed E-state index contributed by atoms with van der Waals surface area (Å²) in [6.07, 6.45) is 0. The van der Waals surface area contributed by atoms with E-state index in [0.29, 0.717) is 5.02 Å². The lowest BCUT2D eigenvalue weighted by molar-refractivity contribution is -0.126. The van der Waals surface area contributed by atoms with Gasteiger partial charge >= 0.3 is 0 Å². The summed E-state index contributed by atoms with van der Waals surface area (Å²) < 4.78 is 0. The van der Waals surface area contributed by atoms with Crippen LogP contribution in [0.15, 0.2) is 41.8 Å². The largest absolute Gasteiger partial charge is 0.344 e. The second-order valence-electron chi connectivity index (χ2n) is 4.86. The minimum Gasteiger partial charge on any atom is -0.344 e. The molecule has 1 saturated heterocycles. The lowest BCUT2D eigenvalue weighted by Crippen LogP contribution is -2.51. The molecule has 0 spiro atoms. The van der Waals surface area contributed by atoms with Crippen LogP contribution in [-0.2, 0) is 4.79 Å². The Morgan fingerprint density at radius 3 is 2.60 bits per heavy atom. The van der Waals surface area contributed by atoms with E-state index in [1.54, 1.807) is 11.3 Å². The zero-order valence-corrected chi connectivity index (χ0v) is 12.4. The number of nitrogens with one attached hydrogen (secondary N) is 2. The van der Waals surface area contributed by atoms with E-state index in [2.05, 4.69) is 10.6 Å². The first kappa shape index (κ1) is 13.6. The second kappa shape index (κ2) is 5.95. The van der Waals surface area contributed by atoms with Crippen molar-refractivity contribution in [1.82, 2.24) is 10.6 Å². The molecule has 3 rings (SSSR count). The molecular formula is C15H15ClN2OS. The van der Waals surface area contributed by atoms with Crippen LogP contribution in [0.4, 0.5) is 0 Å². The van der Waals surface area contributed by atoms with Gasteiger partial charge in [-0.3, -0.25) is 4.79 Å². The van der Waals surface area contributed by atoms with Crippen molar-refractivity contribution in [3.8, 4) is 0 Å². The van der Waals surface area contributed by atoms with Crippen molar-refractivity contribution < 1.29 is 4.79 Å². The molecule has 1 aromatic heterocycles. The highest BCUT2D eigenvalue weighted by Crippen LogP contribution is 2.27. The van der Waals surface area contributed by atoms with Crippen molar-refractivity contribution in [3.63, 3.8) is 0 Å². The van der Waals surface area contributed by atoms with Gasteiger partial charge in [0.25, 0.3) is 0 Å². The van der Waals surface area contributed by atoms with Gasteiger partial charge in [0.05, 0.1) is 12.0 Å². The zero-order chi connectivity index (χ0) is 13.9. The number of benzene rings is 1. The van der Waals surface area contributed by atoms with E-state index in [9.17, 15) is 4.79 Å². The van der Waals surface area contributed by atoms with Crippen LogP contribution in [-0.4, -0.2) is 19.0 Å². The van der Waals surface area contributed by atoms with E-state index < -0.39 is 0 Å². The molecule has 2 aromatic rings. The maximum atomic E-state index is 12.2. The predicted octanol–water partition coefficient (Wildman–Crippen LogP) is 2.83. The maximum absolute atomic E-state index is 12.2. The van der Waals surface area contributed by atoms with Gasteiger partial charge < -0.3 is 10.6 Å². The fourth-order valence-electron chi connectivity index (χ4n) is 2.16. The zero-order valence-electron chi connectivity index (χ0n) is 10.8. The van der Waals surface area contributed by atoms with Gasteiger partial charge in [0, 0.05) is 23.0 Å². The van der Waals surface area contributed by atoms with Crippen LogP contribution in [0, 0.1) is 5.92 Å². The van der Waals surface area contributed by atoms with Gasteiger partial charge in [-0.05, 0) is 29.1 Å². The Labute approximate surface area is 127 Å². The van der Waals surface area contributed by atoms with Gasteiger partial charge in [0.15, 0.2) is 0 Å². The number of amides is 1. The number of halogens is 1. The predicted molar refractivity (Wildman–Crippen MR) is 82.1 cm³/mol. The summed E-state index contributed by atoms with van der Waals surface area (Å²) >= 11 is 7.58. The average Bonchev–Trinajstić information content (AvgIpc) is 2.88. The Morgan fingerprint density at radius 1 is 1.30 bits per heavy atom. The first-order chi connectivity index (χ1) is 9.74. The number of carbonyl (C=O) groups excluding carboxylic acids is 1. The molecule has 0 radical (unpaired) electrons. The number of hydrogen-bond donors (Lipinski definition) is 2. The molecule has 1 unspecified atom stereocenters. The molecule has 104 valence electrons. The van der Waals surface area contributed by atoms with Crippen molar-refractivity contribution in [2.75, 3.05) is 13.1 Å². The van der Waals surface area contributed by atoms with Crippen molar-refractivity contribution in [2.45, 2.75) is 6.04 Å². The molecule has 2 heterocycles. The Kier molecular flexibility index (Phi) is 4.05. The summed E-state index contributed by atoms with van der Waals surface area (Å²) in [7, 11) is 0. The third-order valence-electron chi connectivity index (χ3n) is 3.47. The highest BCUT2D eigenvalue weighted by molar-refractivity contribution is 7.10. The minimum absolute atomic E-state index is 0.0877. The molecule has 20 heavy (non-hydrogen) atoms. The highest BCUT2D eigenvalue weighted by Gasteiger charge is 2.27. The second-order valence-corrected chi connectivity index (χ2v) is 6.28. The van der Waals surface area contributed by atoms with Crippen molar-refractivity contribution in [2.24, 2.45) is 5.92 Å². The number of carbonyl (C=O) groups is 1. The van der Waals surface area contributed by atoms with Crippen molar-refractivity contribution in [1.29, 1.82) is 0 Å². The molecule has 3 nitrogen and oxygen atoms in total. The molecule has 1 fully saturated rings. The Hall–Kier alpha value is -1.36. The minimum atomic E-state index is -0.0969. The SMILES string of the molecule is O=C(NC(c1ccc(Cl)cc1)c1cccs1)C1CNC1. The third-order valence-corrected chi connectivity index (χ3v) is 4.66. The van der Waals surface area contributed by atoms with Gasteiger partial charge in [-0.2, -0.15) is 0 Å². The first-order valence-corrected chi connectivity index (χ1v) is 7.80. The fourth-order valence-corrected chi connectivity index (χ4v) is 3.09. The molecule has 0 aliphatic carbocycles. The van der Waals surface area contributed by atoms with Crippen LogP contribution < -0.4 is 10.6 Å². The van der Waals surface area contributed by atoms with Gasteiger partial charge in [0.1, 0.15) is 0 Å². The molecule has 1 aliphatic heterocycles.